The van der Waals surface area contributed by atoms with E-state index in [4.69, 9.17) is 0 Å². The first-order valence-corrected chi connectivity index (χ1v) is 4.99. The van der Waals surface area contributed by atoms with Crippen molar-refractivity contribution in [1.82, 2.24) is 0 Å². The van der Waals surface area contributed by atoms with Gasteiger partial charge in [-0.1, -0.05) is 31.9 Å². The van der Waals surface area contributed by atoms with Crippen LogP contribution in [0.1, 0.15) is 5.56 Å². The second-order valence-electron chi connectivity index (χ2n) is 2.39. The van der Waals surface area contributed by atoms with Crippen molar-refractivity contribution < 1.29 is 13.5 Å². The zero-order chi connectivity index (χ0) is 10.0. The fourth-order valence-corrected chi connectivity index (χ4v) is 1.94. The molecule has 0 bridgehead atoms. The zero-order valence-electron chi connectivity index (χ0n) is 6.65. The fraction of sp³-hybridized carbons (Fsp3) is 0.250. The van der Waals surface area contributed by atoms with Gasteiger partial charge in [0.1, 0.15) is 5.75 Å². The van der Waals surface area contributed by atoms with Crippen molar-refractivity contribution in [3.05, 3.63) is 26.6 Å². The average Bonchev–Trinajstić information content (AvgIpc) is 1.98. The summed E-state index contributed by atoms with van der Waals surface area (Å²) in [4.78, 5) is 0. The van der Waals surface area contributed by atoms with Gasteiger partial charge in [-0.15, -0.1) is 0 Å². The Morgan fingerprint density at radius 2 is 1.69 bits per heavy atom. The highest BCUT2D eigenvalue weighted by molar-refractivity contribution is 9.11. The maximum atomic E-state index is 11.8. The van der Waals surface area contributed by atoms with E-state index in [9.17, 15) is 8.78 Å². The molecule has 13 heavy (non-hydrogen) atoms. The van der Waals surface area contributed by atoms with Gasteiger partial charge in [-0.05, 0) is 24.6 Å². The van der Waals surface area contributed by atoms with E-state index in [0.29, 0.717) is 0 Å². The standard InChI is InChI=1S/C8H6Br2F2O/c1-4-6(9)2-5(3-7(4)10)13-8(11)12/h2-3,8H,1H3. The molecular formula is C8H6Br2F2O. The zero-order valence-corrected chi connectivity index (χ0v) is 9.82. The number of alkyl halides is 2. The van der Waals surface area contributed by atoms with Gasteiger partial charge in [0.05, 0.1) is 0 Å². The maximum absolute atomic E-state index is 11.8. The molecule has 0 aliphatic carbocycles. The van der Waals surface area contributed by atoms with E-state index in [2.05, 4.69) is 36.6 Å². The maximum Gasteiger partial charge on any atom is 0.387 e. The molecule has 0 spiro atoms. The Morgan fingerprint density at radius 1 is 1.23 bits per heavy atom. The normalized spacial score (nSPS) is 10.6. The summed E-state index contributed by atoms with van der Waals surface area (Å²) in [7, 11) is 0. The Hall–Kier alpha value is -0.160. The number of ether oxygens (including phenoxy) is 1. The second-order valence-corrected chi connectivity index (χ2v) is 4.10. The molecule has 0 unspecified atom stereocenters. The number of hydrogen-bond donors (Lipinski definition) is 0. The smallest absolute Gasteiger partial charge is 0.387 e. The Morgan fingerprint density at radius 3 is 2.08 bits per heavy atom. The lowest BCUT2D eigenvalue weighted by molar-refractivity contribution is -0.0499. The van der Waals surface area contributed by atoms with Gasteiger partial charge in [-0.25, -0.2) is 0 Å². The van der Waals surface area contributed by atoms with Crippen molar-refractivity contribution in [3.63, 3.8) is 0 Å². The van der Waals surface area contributed by atoms with Gasteiger partial charge >= 0.3 is 6.61 Å². The van der Waals surface area contributed by atoms with Gasteiger partial charge in [0.15, 0.2) is 0 Å². The number of rotatable bonds is 2. The largest absolute Gasteiger partial charge is 0.435 e. The lowest BCUT2D eigenvalue weighted by atomic mass is 10.2. The highest BCUT2D eigenvalue weighted by atomic mass is 79.9. The summed E-state index contributed by atoms with van der Waals surface area (Å²) in [6.45, 7) is -0.929. The van der Waals surface area contributed by atoms with Crippen molar-refractivity contribution in [3.8, 4) is 5.75 Å². The van der Waals surface area contributed by atoms with Gasteiger partial charge < -0.3 is 4.74 Å². The third-order valence-electron chi connectivity index (χ3n) is 1.48. The van der Waals surface area contributed by atoms with Crippen LogP contribution in [0.25, 0.3) is 0 Å². The second kappa shape index (κ2) is 4.37. The van der Waals surface area contributed by atoms with Gasteiger partial charge in [0.25, 0.3) is 0 Å². The predicted octanol–water partition coefficient (Wildman–Crippen LogP) is 4.12. The molecule has 1 nitrogen and oxygen atoms in total. The van der Waals surface area contributed by atoms with Crippen LogP contribution in [-0.4, -0.2) is 6.61 Å². The molecular weight excluding hydrogens is 310 g/mol. The molecule has 0 N–H and O–H groups in total. The Balaban J connectivity index is 2.99. The van der Waals surface area contributed by atoms with Crippen LogP contribution in [0, 0.1) is 6.92 Å². The third-order valence-corrected chi connectivity index (χ3v) is 3.13. The van der Waals surface area contributed by atoms with Crippen LogP contribution in [0.4, 0.5) is 8.78 Å². The Kier molecular flexibility index (Phi) is 3.67. The van der Waals surface area contributed by atoms with Crippen molar-refractivity contribution in [2.24, 2.45) is 0 Å². The van der Waals surface area contributed by atoms with Crippen LogP contribution < -0.4 is 4.74 Å². The van der Waals surface area contributed by atoms with E-state index < -0.39 is 6.61 Å². The van der Waals surface area contributed by atoms with E-state index >= 15 is 0 Å². The van der Waals surface area contributed by atoms with Crippen molar-refractivity contribution in [2.75, 3.05) is 0 Å². The number of benzene rings is 1. The van der Waals surface area contributed by atoms with Crippen LogP contribution in [0.15, 0.2) is 21.1 Å². The molecule has 0 heterocycles. The van der Waals surface area contributed by atoms with Gasteiger partial charge in [0, 0.05) is 8.95 Å². The monoisotopic (exact) mass is 314 g/mol. The molecule has 0 radical (unpaired) electrons. The van der Waals surface area contributed by atoms with Crippen LogP contribution in [0.2, 0.25) is 0 Å². The predicted molar refractivity (Wildman–Crippen MR) is 53.2 cm³/mol. The molecule has 72 valence electrons. The fourth-order valence-electron chi connectivity index (χ4n) is 0.793. The first kappa shape index (κ1) is 10.9. The van der Waals surface area contributed by atoms with E-state index in [1.54, 1.807) is 0 Å². The Bertz CT molecular complexity index is 292. The molecule has 0 atom stereocenters. The summed E-state index contributed by atoms with van der Waals surface area (Å²) >= 11 is 6.46. The summed E-state index contributed by atoms with van der Waals surface area (Å²) in [6, 6.07) is 3.01. The molecule has 1 aromatic carbocycles. The van der Waals surface area contributed by atoms with E-state index in [0.717, 1.165) is 14.5 Å². The number of hydrogen-bond acceptors (Lipinski definition) is 1. The van der Waals surface area contributed by atoms with Gasteiger partial charge in [-0.2, -0.15) is 8.78 Å². The molecule has 0 fully saturated rings. The van der Waals surface area contributed by atoms with Crippen molar-refractivity contribution >= 4 is 31.9 Å². The molecule has 0 saturated carbocycles. The quantitative estimate of drug-likeness (QED) is 0.797. The first-order chi connectivity index (χ1) is 6.00. The van der Waals surface area contributed by atoms with E-state index in [-0.39, 0.29) is 5.75 Å². The lowest BCUT2D eigenvalue weighted by Crippen LogP contribution is -2.02. The minimum Gasteiger partial charge on any atom is -0.435 e. The molecule has 1 aromatic rings. The summed E-state index contributed by atoms with van der Waals surface area (Å²) in [5.41, 5.74) is 0.946. The highest BCUT2D eigenvalue weighted by Gasteiger charge is 2.08. The minimum absolute atomic E-state index is 0.138. The van der Waals surface area contributed by atoms with E-state index in [1.807, 2.05) is 6.92 Å². The summed E-state index contributed by atoms with van der Waals surface area (Å²) in [5, 5.41) is 0. The molecule has 0 aliphatic heterocycles. The molecule has 0 saturated heterocycles. The SMILES string of the molecule is Cc1c(Br)cc(OC(F)F)cc1Br. The highest BCUT2D eigenvalue weighted by Crippen LogP contribution is 2.30. The molecule has 0 aliphatic rings. The summed E-state index contributed by atoms with van der Waals surface area (Å²) in [5.74, 6) is 0.138. The first-order valence-electron chi connectivity index (χ1n) is 3.41. The minimum atomic E-state index is -2.79. The Labute approximate surface area is 91.3 Å². The van der Waals surface area contributed by atoms with Gasteiger partial charge in [0.2, 0.25) is 0 Å². The summed E-state index contributed by atoms with van der Waals surface area (Å²) in [6.07, 6.45) is 0. The molecule has 0 amide bonds. The van der Waals surface area contributed by atoms with E-state index in [1.165, 1.54) is 12.1 Å². The third kappa shape index (κ3) is 2.91. The topological polar surface area (TPSA) is 9.23 Å². The van der Waals surface area contributed by atoms with Gasteiger partial charge in [-0.3, -0.25) is 0 Å². The lowest BCUT2D eigenvalue weighted by Gasteiger charge is -2.07. The molecule has 5 heteroatoms. The van der Waals surface area contributed by atoms with Crippen molar-refractivity contribution in [1.29, 1.82) is 0 Å². The summed E-state index contributed by atoms with van der Waals surface area (Å²) < 4.78 is 29.4. The van der Waals surface area contributed by atoms with Crippen LogP contribution in [0.5, 0.6) is 5.75 Å². The van der Waals surface area contributed by atoms with Crippen LogP contribution >= 0.6 is 31.9 Å². The van der Waals surface area contributed by atoms with Crippen LogP contribution in [-0.2, 0) is 0 Å². The molecule has 0 aromatic heterocycles. The number of halogens is 4. The van der Waals surface area contributed by atoms with Crippen LogP contribution in [0.3, 0.4) is 0 Å². The molecule has 1 rings (SSSR count). The van der Waals surface area contributed by atoms with Crippen molar-refractivity contribution in [2.45, 2.75) is 13.5 Å². The average molecular weight is 316 g/mol.